The fraction of sp³-hybridized carbons (Fsp3) is 0.409. The van der Waals surface area contributed by atoms with E-state index in [0.29, 0.717) is 39.1 Å². The molecule has 3 rings (SSSR count). The van der Waals surface area contributed by atoms with Crippen LogP contribution < -0.4 is 0 Å². The average Bonchev–Trinajstić information content (AvgIpc) is 2.77. The van der Waals surface area contributed by atoms with E-state index in [1.165, 1.54) is 4.31 Å². The summed E-state index contributed by atoms with van der Waals surface area (Å²) < 4.78 is 33.6. The molecule has 1 unspecified atom stereocenters. The second kappa shape index (κ2) is 10.5. The lowest BCUT2D eigenvalue weighted by Gasteiger charge is -2.34. The largest absolute Gasteiger partial charge is 0.383 e. The lowest BCUT2D eigenvalue weighted by molar-refractivity contribution is -0.138. The third kappa shape index (κ3) is 5.69. The van der Waals surface area contributed by atoms with Gasteiger partial charge in [-0.25, -0.2) is 8.42 Å². The molecule has 162 valence electrons. The molecule has 0 bridgehead atoms. The van der Waals surface area contributed by atoms with Gasteiger partial charge in [0.1, 0.15) is 0 Å². The van der Waals surface area contributed by atoms with E-state index in [0.717, 1.165) is 10.0 Å². The van der Waals surface area contributed by atoms with Gasteiger partial charge in [-0.05, 0) is 42.7 Å². The SMILES string of the molecule is COCCN(Cc1ccccc1)C(=O)C1CCCN(S(=O)(=O)c2ccc(Br)cc2)C1. The molecule has 1 heterocycles. The molecular formula is C22H27BrN2O4S. The Hall–Kier alpha value is -1.74. The molecular weight excluding hydrogens is 468 g/mol. The summed E-state index contributed by atoms with van der Waals surface area (Å²) in [5.74, 6) is -0.379. The molecule has 2 aromatic rings. The molecule has 0 N–H and O–H groups in total. The highest BCUT2D eigenvalue weighted by molar-refractivity contribution is 9.10. The molecule has 1 atom stereocenters. The Bertz CT molecular complexity index is 935. The van der Waals surface area contributed by atoms with E-state index in [4.69, 9.17) is 4.74 Å². The van der Waals surface area contributed by atoms with Crippen LogP contribution in [0.3, 0.4) is 0 Å². The smallest absolute Gasteiger partial charge is 0.243 e. The second-order valence-corrected chi connectivity index (χ2v) is 10.2. The van der Waals surface area contributed by atoms with E-state index >= 15 is 0 Å². The number of rotatable bonds is 8. The first-order valence-electron chi connectivity index (χ1n) is 9.99. The van der Waals surface area contributed by atoms with Crippen LogP contribution >= 0.6 is 15.9 Å². The first kappa shape index (κ1) is 22.9. The van der Waals surface area contributed by atoms with Crippen molar-refractivity contribution in [3.63, 3.8) is 0 Å². The summed E-state index contributed by atoms with van der Waals surface area (Å²) in [5, 5.41) is 0. The molecule has 2 aromatic carbocycles. The van der Waals surface area contributed by atoms with Gasteiger partial charge in [-0.2, -0.15) is 4.31 Å². The number of hydrogen-bond donors (Lipinski definition) is 0. The van der Waals surface area contributed by atoms with Gasteiger partial charge in [-0.1, -0.05) is 46.3 Å². The molecule has 0 radical (unpaired) electrons. The van der Waals surface area contributed by atoms with Crippen LogP contribution in [0.2, 0.25) is 0 Å². The van der Waals surface area contributed by atoms with Crippen LogP contribution in [0.4, 0.5) is 0 Å². The number of ether oxygens (including phenoxy) is 1. The maximum atomic E-state index is 13.3. The van der Waals surface area contributed by atoms with E-state index in [1.54, 1.807) is 36.3 Å². The number of benzene rings is 2. The van der Waals surface area contributed by atoms with Crippen molar-refractivity contribution in [2.45, 2.75) is 24.3 Å². The fourth-order valence-corrected chi connectivity index (χ4v) is 5.44. The van der Waals surface area contributed by atoms with Crippen molar-refractivity contribution in [2.24, 2.45) is 5.92 Å². The van der Waals surface area contributed by atoms with E-state index in [2.05, 4.69) is 15.9 Å². The molecule has 0 saturated carbocycles. The second-order valence-electron chi connectivity index (χ2n) is 7.39. The van der Waals surface area contributed by atoms with E-state index < -0.39 is 10.0 Å². The molecule has 8 heteroatoms. The Morgan fingerprint density at radius 3 is 2.53 bits per heavy atom. The number of carbonyl (C=O) groups excluding carboxylic acids is 1. The zero-order chi connectivity index (χ0) is 21.6. The molecule has 0 aromatic heterocycles. The van der Waals surface area contributed by atoms with Gasteiger partial charge < -0.3 is 9.64 Å². The normalized spacial score (nSPS) is 17.6. The first-order valence-corrected chi connectivity index (χ1v) is 12.2. The van der Waals surface area contributed by atoms with Crippen LogP contribution in [0.15, 0.2) is 64.0 Å². The topological polar surface area (TPSA) is 66.9 Å². The fourth-order valence-electron chi connectivity index (χ4n) is 3.65. The number of sulfonamides is 1. The lowest BCUT2D eigenvalue weighted by Crippen LogP contribution is -2.47. The van der Waals surface area contributed by atoms with Crippen LogP contribution in [-0.2, 0) is 26.1 Å². The monoisotopic (exact) mass is 494 g/mol. The van der Waals surface area contributed by atoms with Crippen molar-refractivity contribution in [2.75, 3.05) is 33.4 Å². The molecule has 1 aliphatic heterocycles. The van der Waals surface area contributed by atoms with Crippen LogP contribution in [0.25, 0.3) is 0 Å². The minimum absolute atomic E-state index is 0.0217. The van der Waals surface area contributed by atoms with Gasteiger partial charge in [0, 0.05) is 37.8 Å². The van der Waals surface area contributed by atoms with Crippen molar-refractivity contribution < 1.29 is 17.9 Å². The summed E-state index contributed by atoms with van der Waals surface area (Å²) in [7, 11) is -2.02. The van der Waals surface area contributed by atoms with Gasteiger partial charge in [0.15, 0.2) is 0 Å². The van der Waals surface area contributed by atoms with Crippen molar-refractivity contribution >= 4 is 31.9 Å². The molecule has 1 amide bonds. The van der Waals surface area contributed by atoms with Gasteiger partial charge in [-0.15, -0.1) is 0 Å². The van der Waals surface area contributed by atoms with E-state index in [1.807, 2.05) is 30.3 Å². The number of amides is 1. The summed E-state index contributed by atoms with van der Waals surface area (Å²) in [4.78, 5) is 15.3. The zero-order valence-electron chi connectivity index (χ0n) is 17.0. The molecule has 0 aliphatic carbocycles. The molecule has 1 saturated heterocycles. The van der Waals surface area contributed by atoms with Crippen molar-refractivity contribution in [3.05, 3.63) is 64.6 Å². The number of halogens is 1. The predicted octanol–water partition coefficient (Wildman–Crippen LogP) is 3.53. The summed E-state index contributed by atoms with van der Waals surface area (Å²) in [6.07, 6.45) is 1.35. The summed E-state index contributed by atoms with van der Waals surface area (Å²) in [5.41, 5.74) is 1.04. The Labute approximate surface area is 187 Å². The van der Waals surface area contributed by atoms with Crippen molar-refractivity contribution in [1.82, 2.24) is 9.21 Å². The highest BCUT2D eigenvalue weighted by Crippen LogP contribution is 2.26. The number of nitrogens with zero attached hydrogens (tertiary/aromatic N) is 2. The van der Waals surface area contributed by atoms with Crippen LogP contribution in [-0.4, -0.2) is 56.9 Å². The number of piperidine rings is 1. The lowest BCUT2D eigenvalue weighted by atomic mass is 9.97. The highest BCUT2D eigenvalue weighted by atomic mass is 79.9. The maximum Gasteiger partial charge on any atom is 0.243 e. The maximum absolute atomic E-state index is 13.3. The average molecular weight is 495 g/mol. The number of methoxy groups -OCH3 is 1. The summed E-state index contributed by atoms with van der Waals surface area (Å²) in [6, 6.07) is 16.4. The zero-order valence-corrected chi connectivity index (χ0v) is 19.4. The van der Waals surface area contributed by atoms with Gasteiger partial charge in [0.25, 0.3) is 0 Å². The van der Waals surface area contributed by atoms with Crippen LogP contribution in [0, 0.1) is 5.92 Å². The Morgan fingerprint density at radius 1 is 1.17 bits per heavy atom. The van der Waals surface area contributed by atoms with Crippen molar-refractivity contribution in [1.29, 1.82) is 0 Å². The third-order valence-corrected chi connectivity index (χ3v) is 7.69. The Kier molecular flexibility index (Phi) is 8.05. The minimum Gasteiger partial charge on any atom is -0.383 e. The third-order valence-electron chi connectivity index (χ3n) is 5.28. The minimum atomic E-state index is -3.63. The number of carbonyl (C=O) groups is 1. The van der Waals surface area contributed by atoms with Gasteiger partial charge in [0.2, 0.25) is 15.9 Å². The van der Waals surface area contributed by atoms with Crippen LogP contribution in [0.5, 0.6) is 0 Å². The quantitative estimate of drug-likeness (QED) is 0.562. The predicted molar refractivity (Wildman–Crippen MR) is 119 cm³/mol. The molecule has 0 spiro atoms. The van der Waals surface area contributed by atoms with Crippen molar-refractivity contribution in [3.8, 4) is 0 Å². The summed E-state index contributed by atoms with van der Waals surface area (Å²) in [6.45, 7) is 2.03. The summed E-state index contributed by atoms with van der Waals surface area (Å²) >= 11 is 3.33. The van der Waals surface area contributed by atoms with Gasteiger partial charge in [-0.3, -0.25) is 4.79 Å². The molecule has 1 fully saturated rings. The molecule has 30 heavy (non-hydrogen) atoms. The number of hydrogen-bond acceptors (Lipinski definition) is 4. The standard InChI is InChI=1S/C22H27BrN2O4S/c1-29-15-14-24(16-18-6-3-2-4-7-18)22(26)19-8-5-13-25(17-19)30(27,28)21-11-9-20(23)10-12-21/h2-4,6-7,9-12,19H,5,8,13-17H2,1H3. The Morgan fingerprint density at radius 2 is 1.87 bits per heavy atom. The van der Waals surface area contributed by atoms with Gasteiger partial charge >= 0.3 is 0 Å². The molecule has 6 nitrogen and oxygen atoms in total. The Balaban J connectivity index is 1.74. The van der Waals surface area contributed by atoms with Gasteiger partial charge in [0.05, 0.1) is 17.4 Å². The molecule has 1 aliphatic rings. The van der Waals surface area contributed by atoms with E-state index in [9.17, 15) is 13.2 Å². The highest BCUT2D eigenvalue weighted by Gasteiger charge is 2.35. The van der Waals surface area contributed by atoms with E-state index in [-0.39, 0.29) is 23.3 Å². The van der Waals surface area contributed by atoms with Crippen LogP contribution in [0.1, 0.15) is 18.4 Å². The first-order chi connectivity index (χ1) is 14.4.